The molecular weight excluding hydrogens is 606 g/mol. The molecule has 3 aliphatic heterocycles. The molecule has 3 N–H and O–H groups in total. The van der Waals surface area contributed by atoms with Crippen LogP contribution in [0.4, 0.5) is 15.3 Å². The molecule has 2 saturated heterocycles. The van der Waals surface area contributed by atoms with Crippen LogP contribution in [0.5, 0.6) is 0 Å². The number of H-pyrrole nitrogens is 1. The number of piperidine rings is 2. The van der Waals surface area contributed by atoms with Crippen LogP contribution in [0, 0.1) is 6.92 Å². The number of carbonyl (C=O) groups excluding carboxylic acids is 3. The molecule has 0 radical (unpaired) electrons. The van der Waals surface area contributed by atoms with Gasteiger partial charge in [0.05, 0.1) is 11.7 Å². The van der Waals surface area contributed by atoms with Crippen LogP contribution in [0.1, 0.15) is 47.9 Å². The van der Waals surface area contributed by atoms with E-state index < -0.39 is 12.0 Å². The Kier molecular flexibility index (Phi) is 9.29. The van der Waals surface area contributed by atoms with Gasteiger partial charge >= 0.3 is 18.0 Å². The Morgan fingerprint density at radius 3 is 2.50 bits per heavy atom. The van der Waals surface area contributed by atoms with E-state index >= 15 is 0 Å². The van der Waals surface area contributed by atoms with Crippen molar-refractivity contribution in [2.75, 3.05) is 31.5 Å². The summed E-state index contributed by atoms with van der Waals surface area (Å²) in [6.07, 6.45) is 4.71. The molecule has 11 heteroatoms. The number of aromatic nitrogens is 2. The predicted molar refractivity (Wildman–Crippen MR) is 183 cm³/mol. The predicted octanol–water partition coefficient (Wildman–Crippen LogP) is 5.21. The molecule has 2 fully saturated rings. The number of benzene rings is 3. The van der Waals surface area contributed by atoms with Crippen LogP contribution in [0.2, 0.25) is 0 Å². The first kappa shape index (κ1) is 31.7. The third-order valence-corrected chi connectivity index (χ3v) is 9.95. The van der Waals surface area contributed by atoms with Crippen molar-refractivity contribution in [3.05, 3.63) is 95.2 Å². The lowest BCUT2D eigenvalue weighted by Crippen LogP contribution is -2.55. The number of amides is 4. The molecule has 0 saturated carbocycles. The van der Waals surface area contributed by atoms with E-state index in [0.29, 0.717) is 38.9 Å². The smallest absolute Gasteiger partial charge is 0.329 e. The second-order valence-electron chi connectivity index (χ2n) is 13.3. The Labute approximate surface area is 280 Å². The quantitative estimate of drug-likeness (QED) is 0.225. The first-order chi connectivity index (χ1) is 23.4. The van der Waals surface area contributed by atoms with Crippen molar-refractivity contribution < 1.29 is 19.1 Å². The van der Waals surface area contributed by atoms with Crippen molar-refractivity contribution >= 4 is 34.6 Å². The molecule has 48 heavy (non-hydrogen) atoms. The van der Waals surface area contributed by atoms with Gasteiger partial charge in [-0.25, -0.2) is 14.4 Å². The van der Waals surface area contributed by atoms with Gasteiger partial charge in [-0.15, -0.1) is 0 Å². The number of rotatable bonds is 8. The number of aromatic amines is 1. The summed E-state index contributed by atoms with van der Waals surface area (Å²) in [6.45, 7) is 6.10. The van der Waals surface area contributed by atoms with E-state index in [9.17, 15) is 14.4 Å². The molecule has 0 spiro atoms. The zero-order valence-electron chi connectivity index (χ0n) is 27.4. The summed E-state index contributed by atoms with van der Waals surface area (Å²) >= 11 is 0. The Bertz CT molecular complexity index is 1760. The Balaban J connectivity index is 0.982. The number of para-hydroxylation sites is 1. The summed E-state index contributed by atoms with van der Waals surface area (Å²) in [5.74, 6) is -0.409. The van der Waals surface area contributed by atoms with Gasteiger partial charge in [0.25, 0.3) is 0 Å². The Morgan fingerprint density at radius 1 is 0.958 bits per heavy atom. The fourth-order valence-corrected chi connectivity index (χ4v) is 7.27. The van der Waals surface area contributed by atoms with E-state index in [1.165, 1.54) is 5.56 Å². The number of likely N-dealkylation sites (tertiary alicyclic amines) is 2. The van der Waals surface area contributed by atoms with E-state index in [1.807, 2.05) is 54.3 Å². The van der Waals surface area contributed by atoms with Crippen molar-refractivity contribution in [3.63, 3.8) is 0 Å². The molecule has 250 valence electrons. The van der Waals surface area contributed by atoms with Gasteiger partial charge < -0.3 is 25.2 Å². The molecular formula is C37H43N7O4. The topological polar surface area (TPSA) is 123 Å². The first-order valence-corrected chi connectivity index (χ1v) is 17.0. The monoisotopic (exact) mass is 649 g/mol. The van der Waals surface area contributed by atoms with Gasteiger partial charge in [0, 0.05) is 62.8 Å². The highest BCUT2D eigenvalue weighted by molar-refractivity contribution is 5.92. The number of anilines is 1. The van der Waals surface area contributed by atoms with Crippen LogP contribution < -0.4 is 10.6 Å². The summed E-state index contributed by atoms with van der Waals surface area (Å²) in [5.41, 5.74) is 6.12. The second kappa shape index (κ2) is 14.1. The largest absolute Gasteiger partial charge is 0.461 e. The fourth-order valence-electron chi connectivity index (χ4n) is 7.27. The minimum Gasteiger partial charge on any atom is -0.461 e. The minimum absolute atomic E-state index is 0.0283. The first-order valence-electron chi connectivity index (χ1n) is 17.0. The average molecular weight is 650 g/mol. The highest BCUT2D eigenvalue weighted by atomic mass is 16.5. The van der Waals surface area contributed by atoms with Crippen molar-refractivity contribution in [1.82, 2.24) is 30.2 Å². The summed E-state index contributed by atoms with van der Waals surface area (Å²) in [6, 6.07) is 21.1. The summed E-state index contributed by atoms with van der Waals surface area (Å²) in [5, 5.41) is 14.2. The number of aryl methyl sites for hydroxylation is 1. The number of urea groups is 2. The van der Waals surface area contributed by atoms with E-state index in [0.717, 1.165) is 65.8 Å². The van der Waals surface area contributed by atoms with Crippen LogP contribution in [0.25, 0.3) is 10.9 Å². The van der Waals surface area contributed by atoms with Crippen LogP contribution in [0.3, 0.4) is 0 Å². The molecule has 0 aliphatic carbocycles. The molecule has 4 heterocycles. The minimum atomic E-state index is -0.842. The van der Waals surface area contributed by atoms with E-state index in [-0.39, 0.29) is 24.2 Å². The zero-order chi connectivity index (χ0) is 33.0. The van der Waals surface area contributed by atoms with Gasteiger partial charge in [-0.1, -0.05) is 54.6 Å². The number of nitrogens with one attached hydrogen (secondary N) is 3. The number of hydrogen-bond acceptors (Lipinski definition) is 6. The molecule has 3 aromatic carbocycles. The van der Waals surface area contributed by atoms with Crippen LogP contribution in [0.15, 0.2) is 72.9 Å². The SMILES string of the molecule is Cc1cc(CC(NC(=O)N2CCC(N3Cc4ccccc4NC3=O)CC2)C(=O)OC2CCN(Cc3ccccc3)CC2)cc2cn[nH]c12. The Hall–Kier alpha value is -4.90. The van der Waals surface area contributed by atoms with Crippen molar-refractivity contribution in [3.8, 4) is 0 Å². The summed E-state index contributed by atoms with van der Waals surface area (Å²) in [7, 11) is 0. The van der Waals surface area contributed by atoms with Crippen LogP contribution in [-0.2, 0) is 29.0 Å². The van der Waals surface area contributed by atoms with Crippen LogP contribution >= 0.6 is 0 Å². The van der Waals surface area contributed by atoms with Crippen molar-refractivity contribution in [1.29, 1.82) is 0 Å². The fraction of sp³-hybridized carbons (Fsp3) is 0.405. The van der Waals surface area contributed by atoms with E-state index in [1.54, 1.807) is 11.1 Å². The zero-order valence-corrected chi connectivity index (χ0v) is 27.4. The maximum atomic E-state index is 13.8. The number of carbonyl (C=O) groups is 3. The maximum Gasteiger partial charge on any atom is 0.329 e. The van der Waals surface area contributed by atoms with Gasteiger partial charge in [-0.3, -0.25) is 10.00 Å². The van der Waals surface area contributed by atoms with Gasteiger partial charge in [0.2, 0.25) is 0 Å². The lowest BCUT2D eigenvalue weighted by Gasteiger charge is -2.40. The third-order valence-electron chi connectivity index (χ3n) is 9.95. The van der Waals surface area contributed by atoms with E-state index in [2.05, 4.69) is 50.0 Å². The highest BCUT2D eigenvalue weighted by Gasteiger charge is 2.34. The molecule has 4 amide bonds. The molecule has 7 rings (SSSR count). The number of ether oxygens (including phenoxy) is 1. The molecule has 3 aliphatic rings. The molecule has 0 bridgehead atoms. The number of hydrogen-bond donors (Lipinski definition) is 3. The van der Waals surface area contributed by atoms with Crippen molar-refractivity contribution in [2.24, 2.45) is 0 Å². The number of nitrogens with zero attached hydrogens (tertiary/aromatic N) is 4. The molecule has 1 unspecified atom stereocenters. The van der Waals surface area contributed by atoms with Crippen molar-refractivity contribution in [2.45, 2.75) is 70.3 Å². The number of fused-ring (bicyclic) bond motifs is 2. The molecule has 4 aromatic rings. The molecule has 1 atom stereocenters. The lowest BCUT2D eigenvalue weighted by molar-refractivity contribution is -0.153. The molecule has 1 aromatic heterocycles. The molecule has 11 nitrogen and oxygen atoms in total. The normalized spacial score (nSPS) is 18.3. The van der Waals surface area contributed by atoms with Gasteiger partial charge in [0.15, 0.2) is 0 Å². The van der Waals surface area contributed by atoms with E-state index in [4.69, 9.17) is 4.74 Å². The number of esters is 1. The van der Waals surface area contributed by atoms with Gasteiger partial charge in [0.1, 0.15) is 12.1 Å². The highest BCUT2D eigenvalue weighted by Crippen LogP contribution is 2.28. The maximum absolute atomic E-state index is 13.8. The second-order valence-corrected chi connectivity index (χ2v) is 13.3. The third kappa shape index (κ3) is 7.16. The van der Waals surface area contributed by atoms with Gasteiger partial charge in [-0.05, 0) is 67.0 Å². The van der Waals surface area contributed by atoms with Gasteiger partial charge in [-0.2, -0.15) is 5.10 Å². The Morgan fingerprint density at radius 2 is 1.71 bits per heavy atom. The lowest BCUT2D eigenvalue weighted by atomic mass is 10.0. The standard InChI is InChI=1S/C37H43N7O4/c1-25-19-27(20-29-22-38-41-34(25)29)21-33(35(45)48-31-13-15-42(16-14-31)23-26-7-3-2-4-8-26)40-36(46)43-17-11-30(12-18-43)44-24-28-9-5-6-10-32(28)39-37(44)47/h2-10,19-20,22,30-31,33H,11-18,21,23-24H2,1H3,(H,38,41)(H,39,47)(H,40,46). The average Bonchev–Trinajstić information content (AvgIpc) is 3.58. The summed E-state index contributed by atoms with van der Waals surface area (Å²) < 4.78 is 6.08. The summed E-state index contributed by atoms with van der Waals surface area (Å²) in [4.78, 5) is 46.3. The van der Waals surface area contributed by atoms with Crippen LogP contribution in [-0.4, -0.2) is 87.3 Å².